The highest BCUT2D eigenvalue weighted by atomic mass is 35.5. The fraction of sp³-hybridized carbons (Fsp3) is 0.643. The van der Waals surface area contributed by atoms with Crippen molar-refractivity contribution >= 4 is 46.6 Å². The summed E-state index contributed by atoms with van der Waals surface area (Å²) < 4.78 is 27.2. The van der Waals surface area contributed by atoms with Crippen LogP contribution in [0, 0.1) is 5.92 Å². The van der Waals surface area contributed by atoms with Gasteiger partial charge >= 0.3 is 6.09 Å². The minimum atomic E-state index is -1.63. The second-order valence-electron chi connectivity index (χ2n) is 12.4. The highest BCUT2D eigenvalue weighted by Gasteiger charge is 2.53. The van der Waals surface area contributed by atoms with Crippen LogP contribution >= 0.6 is 23.2 Å². The first kappa shape index (κ1) is 32.8. The van der Waals surface area contributed by atoms with Crippen LogP contribution in [0.5, 0.6) is 5.75 Å². The summed E-state index contributed by atoms with van der Waals surface area (Å²) in [6.07, 6.45) is 2.23. The Morgan fingerprint density at radius 2 is 1.75 bits per heavy atom. The normalized spacial score (nSPS) is 19.4. The Kier molecular flexibility index (Phi) is 10.4. The molecule has 9 nitrogen and oxygen atoms in total. The number of hydrogen-bond acceptors (Lipinski definition) is 7. The molecule has 2 amide bonds. The van der Waals surface area contributed by atoms with Crippen molar-refractivity contribution in [2.75, 3.05) is 32.8 Å². The maximum Gasteiger partial charge on any atom is 0.410 e. The molecule has 2 heterocycles. The number of piperidine rings is 1. The molecule has 0 spiro atoms. The fourth-order valence-electron chi connectivity index (χ4n) is 4.67. The second kappa shape index (κ2) is 12.7. The molecule has 3 rings (SSSR count). The number of hydrogen-bond donors (Lipinski definition) is 2. The van der Waals surface area contributed by atoms with Gasteiger partial charge in [-0.3, -0.25) is 4.79 Å². The summed E-state index contributed by atoms with van der Waals surface area (Å²) in [5.41, 5.74) is -1.57. The molecule has 12 heteroatoms. The molecule has 0 aliphatic carbocycles. The molecule has 40 heavy (non-hydrogen) atoms. The summed E-state index contributed by atoms with van der Waals surface area (Å²) in [7, 11) is 0. The van der Waals surface area contributed by atoms with Crippen molar-refractivity contribution in [1.29, 1.82) is 0 Å². The number of ether oxygens (including phenoxy) is 2. The van der Waals surface area contributed by atoms with Gasteiger partial charge in [-0.25, -0.2) is 4.79 Å². The Hall–Kier alpha value is -1.69. The van der Waals surface area contributed by atoms with Crippen LogP contribution in [-0.4, -0.2) is 80.2 Å². The molecule has 2 aliphatic rings. The Morgan fingerprint density at radius 3 is 2.27 bits per heavy atom. The lowest BCUT2D eigenvalue weighted by Gasteiger charge is -2.48. The standard InChI is InChI=1S/C28H41Cl2N3O6S/c1-8-13-38-22-15-21(30)20(29)14-19(22)23(31-40(37)27(5,6)7)18-9-11-32(12-10-18)24(34)28(36)16-33(17-28)25(35)39-26(2,3)4/h8,14-15,18,23,31,36H,1,9-13,16-17H2,2-7H3. The molecule has 0 bridgehead atoms. The van der Waals surface area contributed by atoms with Gasteiger partial charge in [0, 0.05) is 36.1 Å². The molecule has 2 N–H and O–H groups in total. The molecule has 0 radical (unpaired) electrons. The van der Waals surface area contributed by atoms with E-state index in [0.717, 1.165) is 5.56 Å². The summed E-state index contributed by atoms with van der Waals surface area (Å²) in [5, 5.41) is 11.6. The van der Waals surface area contributed by atoms with E-state index >= 15 is 0 Å². The van der Waals surface area contributed by atoms with Crippen LogP contribution in [0.4, 0.5) is 4.79 Å². The van der Waals surface area contributed by atoms with Crippen molar-refractivity contribution in [3.63, 3.8) is 0 Å². The van der Waals surface area contributed by atoms with E-state index < -0.39 is 45.4 Å². The molecule has 2 saturated heterocycles. The van der Waals surface area contributed by atoms with E-state index in [-0.39, 0.29) is 25.6 Å². The molecule has 2 unspecified atom stereocenters. The van der Waals surface area contributed by atoms with Gasteiger partial charge in [0.25, 0.3) is 5.91 Å². The Balaban J connectivity index is 1.75. The van der Waals surface area contributed by atoms with E-state index in [2.05, 4.69) is 11.3 Å². The average molecular weight is 619 g/mol. The number of carbonyl (C=O) groups is 2. The lowest BCUT2D eigenvalue weighted by atomic mass is 9.84. The number of rotatable bonds is 8. The van der Waals surface area contributed by atoms with Crippen LogP contribution in [0.25, 0.3) is 0 Å². The lowest BCUT2D eigenvalue weighted by molar-refractivity contribution is -0.170. The van der Waals surface area contributed by atoms with E-state index in [1.165, 1.54) is 4.90 Å². The van der Waals surface area contributed by atoms with Crippen molar-refractivity contribution in [1.82, 2.24) is 14.5 Å². The predicted octanol–water partition coefficient (Wildman–Crippen LogP) is 4.87. The topological polar surface area (TPSA) is 114 Å². The number of benzene rings is 1. The van der Waals surface area contributed by atoms with Crippen molar-refractivity contribution in [3.05, 3.63) is 40.4 Å². The summed E-state index contributed by atoms with van der Waals surface area (Å²) in [5.74, 6) is 0.0910. The second-order valence-corrected chi connectivity index (χ2v) is 15.2. The molecule has 2 fully saturated rings. The maximum atomic E-state index is 13.2. The van der Waals surface area contributed by atoms with Crippen LogP contribution < -0.4 is 9.46 Å². The third kappa shape index (κ3) is 7.98. The average Bonchev–Trinajstić information content (AvgIpc) is 2.83. The largest absolute Gasteiger partial charge is 0.598 e. The molecule has 0 saturated carbocycles. The Bertz CT molecular complexity index is 1090. The number of amides is 2. The first-order chi connectivity index (χ1) is 18.4. The first-order valence-corrected chi connectivity index (χ1v) is 15.3. The van der Waals surface area contributed by atoms with Crippen molar-refractivity contribution in [3.8, 4) is 5.75 Å². The molecule has 224 valence electrons. The lowest BCUT2D eigenvalue weighted by Crippen LogP contribution is -2.71. The van der Waals surface area contributed by atoms with Crippen LogP contribution in [-0.2, 0) is 20.9 Å². The smallest absolute Gasteiger partial charge is 0.410 e. The van der Waals surface area contributed by atoms with Gasteiger partial charge in [-0.15, -0.1) is 4.72 Å². The minimum absolute atomic E-state index is 0.0204. The fourth-order valence-corrected chi connectivity index (χ4v) is 5.90. The SMILES string of the molecule is C=CCOc1cc(Cl)c(Cl)cc1C(N[S+]([O-])C(C)(C)C)C1CCN(C(=O)C2(O)CN(C(=O)OC(C)(C)C)C2)CC1. The quantitative estimate of drug-likeness (QED) is 0.316. The molecular weight excluding hydrogens is 577 g/mol. The van der Waals surface area contributed by atoms with Crippen LogP contribution in [0.3, 0.4) is 0 Å². The number of halogens is 2. The van der Waals surface area contributed by atoms with Gasteiger partial charge in [-0.05, 0) is 66.4 Å². The van der Waals surface area contributed by atoms with E-state index in [1.807, 2.05) is 20.8 Å². The van der Waals surface area contributed by atoms with Gasteiger partial charge in [0.05, 0.1) is 29.2 Å². The van der Waals surface area contributed by atoms with E-state index in [9.17, 15) is 19.2 Å². The van der Waals surface area contributed by atoms with Crippen LogP contribution in [0.1, 0.15) is 66.0 Å². The number of carbonyl (C=O) groups excluding carboxylic acids is 2. The molecule has 1 aromatic rings. The van der Waals surface area contributed by atoms with Crippen LogP contribution in [0.2, 0.25) is 10.0 Å². The summed E-state index contributed by atoms with van der Waals surface area (Å²) in [6, 6.07) is 2.99. The summed E-state index contributed by atoms with van der Waals surface area (Å²) in [4.78, 5) is 28.5. The van der Waals surface area contributed by atoms with Gasteiger partial charge in [0.1, 0.15) is 22.7 Å². The molecule has 1 aromatic carbocycles. The van der Waals surface area contributed by atoms with E-state index in [0.29, 0.717) is 41.7 Å². The van der Waals surface area contributed by atoms with Gasteiger partial charge in [0.2, 0.25) is 0 Å². The van der Waals surface area contributed by atoms with Gasteiger partial charge in [-0.2, -0.15) is 0 Å². The zero-order valence-corrected chi connectivity index (χ0v) is 26.4. The molecular formula is C28H41Cl2N3O6S. The van der Waals surface area contributed by atoms with Gasteiger partial charge < -0.3 is 28.9 Å². The number of nitrogens with zero attached hydrogens (tertiary/aromatic N) is 2. The minimum Gasteiger partial charge on any atom is -0.598 e. The summed E-state index contributed by atoms with van der Waals surface area (Å²) >= 11 is 11.3. The van der Waals surface area contributed by atoms with E-state index in [4.69, 9.17) is 32.7 Å². The van der Waals surface area contributed by atoms with E-state index in [1.54, 1.807) is 43.9 Å². The predicted molar refractivity (Wildman–Crippen MR) is 158 cm³/mol. The molecule has 0 aromatic heterocycles. The Labute approximate surface area is 250 Å². The van der Waals surface area contributed by atoms with Gasteiger partial charge in [0.15, 0.2) is 5.60 Å². The third-order valence-electron chi connectivity index (χ3n) is 6.79. The monoisotopic (exact) mass is 617 g/mol. The maximum absolute atomic E-state index is 13.2. The zero-order chi connectivity index (χ0) is 30.0. The third-order valence-corrected chi connectivity index (χ3v) is 9.09. The first-order valence-electron chi connectivity index (χ1n) is 13.4. The van der Waals surface area contributed by atoms with Crippen LogP contribution in [0.15, 0.2) is 24.8 Å². The highest BCUT2D eigenvalue weighted by molar-refractivity contribution is 7.90. The molecule has 2 atom stereocenters. The zero-order valence-electron chi connectivity index (χ0n) is 24.1. The number of aliphatic hydroxyl groups is 1. The summed E-state index contributed by atoms with van der Waals surface area (Å²) in [6.45, 7) is 15.5. The highest BCUT2D eigenvalue weighted by Crippen LogP contribution is 2.41. The van der Waals surface area contributed by atoms with Crippen molar-refractivity contribution in [2.24, 2.45) is 5.92 Å². The molecule has 2 aliphatic heterocycles. The van der Waals surface area contributed by atoms with Gasteiger partial charge in [-0.1, -0.05) is 35.9 Å². The Morgan fingerprint density at radius 1 is 1.18 bits per heavy atom. The number of nitrogens with one attached hydrogen (secondary N) is 1. The number of likely N-dealkylation sites (tertiary alicyclic amines) is 2. The van der Waals surface area contributed by atoms with Crippen molar-refractivity contribution < 1.29 is 28.7 Å². The number of β-amino-alcohol motifs (C(OH)–C–C–N with tert-alkyl or cyclic N) is 1. The van der Waals surface area contributed by atoms with Crippen molar-refractivity contribution in [2.45, 2.75) is 76.4 Å².